The number of likely N-dealkylation sites (N-methyl/N-ethyl adjacent to an activating group) is 1. The van der Waals surface area contributed by atoms with Crippen molar-refractivity contribution in [3.8, 4) is 0 Å². The molecule has 1 aliphatic rings. The molecule has 1 atom stereocenters. The van der Waals surface area contributed by atoms with Crippen molar-refractivity contribution in [2.24, 2.45) is 10.7 Å². The van der Waals surface area contributed by atoms with Crippen LogP contribution < -0.4 is 10.6 Å². The van der Waals surface area contributed by atoms with Gasteiger partial charge in [-0.25, -0.2) is 4.98 Å². The lowest BCUT2D eigenvalue weighted by Gasteiger charge is -2.35. The number of anilines is 1. The van der Waals surface area contributed by atoms with E-state index in [1.165, 1.54) is 0 Å². The first kappa shape index (κ1) is 20.0. The third-order valence-corrected chi connectivity index (χ3v) is 5.05. The van der Waals surface area contributed by atoms with Crippen LogP contribution in [0.5, 0.6) is 0 Å². The van der Waals surface area contributed by atoms with Gasteiger partial charge in [-0.1, -0.05) is 0 Å². The second-order valence-electron chi connectivity index (χ2n) is 5.98. The molecule has 2 N–H and O–H groups in total. The van der Waals surface area contributed by atoms with E-state index in [0.29, 0.717) is 12.5 Å². The number of rotatable bonds is 5. The van der Waals surface area contributed by atoms with Gasteiger partial charge in [0.1, 0.15) is 5.76 Å². The molecule has 9 heteroatoms. The van der Waals surface area contributed by atoms with E-state index in [9.17, 15) is 0 Å². The van der Waals surface area contributed by atoms with Crippen molar-refractivity contribution in [3.63, 3.8) is 0 Å². The molecule has 25 heavy (non-hydrogen) atoms. The fraction of sp³-hybridized carbons (Fsp3) is 0.500. The van der Waals surface area contributed by atoms with Crippen molar-refractivity contribution in [1.82, 2.24) is 14.8 Å². The topological polar surface area (TPSA) is 74.1 Å². The highest BCUT2D eigenvalue weighted by Gasteiger charge is 2.21. The molecular formula is C16H25IN6OS. The van der Waals surface area contributed by atoms with Crippen molar-refractivity contribution in [2.75, 3.05) is 51.7 Å². The van der Waals surface area contributed by atoms with Crippen LogP contribution in [-0.2, 0) is 0 Å². The number of thiazole rings is 1. The summed E-state index contributed by atoms with van der Waals surface area (Å²) >= 11 is 1.67. The lowest BCUT2D eigenvalue weighted by atomic mass is 10.2. The molecular weight excluding hydrogens is 451 g/mol. The van der Waals surface area contributed by atoms with Crippen LogP contribution in [0.1, 0.15) is 11.8 Å². The Morgan fingerprint density at radius 2 is 2.16 bits per heavy atom. The van der Waals surface area contributed by atoms with Crippen molar-refractivity contribution in [3.05, 3.63) is 35.7 Å². The number of nitrogens with two attached hydrogens (primary N) is 1. The highest BCUT2D eigenvalue weighted by Crippen LogP contribution is 2.20. The smallest absolute Gasteiger partial charge is 0.191 e. The summed E-state index contributed by atoms with van der Waals surface area (Å²) in [6.45, 7) is 4.14. The summed E-state index contributed by atoms with van der Waals surface area (Å²) in [5, 5.41) is 3.09. The zero-order chi connectivity index (χ0) is 16.9. The van der Waals surface area contributed by atoms with Gasteiger partial charge in [-0.05, 0) is 26.2 Å². The van der Waals surface area contributed by atoms with Gasteiger partial charge < -0.3 is 20.0 Å². The average molecular weight is 476 g/mol. The van der Waals surface area contributed by atoms with Gasteiger partial charge in [0.15, 0.2) is 11.1 Å². The largest absolute Gasteiger partial charge is 0.468 e. The van der Waals surface area contributed by atoms with E-state index in [2.05, 4.69) is 24.7 Å². The summed E-state index contributed by atoms with van der Waals surface area (Å²) in [5.41, 5.74) is 6.21. The first-order chi connectivity index (χ1) is 11.6. The Kier molecular flexibility index (Phi) is 7.51. The number of hydrogen-bond acceptors (Lipinski definition) is 6. The number of furan rings is 1. The van der Waals surface area contributed by atoms with Crippen LogP contribution >= 0.6 is 35.3 Å². The first-order valence-corrected chi connectivity index (χ1v) is 8.92. The normalized spacial score (nSPS) is 16.8. The van der Waals surface area contributed by atoms with E-state index in [0.717, 1.165) is 37.1 Å². The van der Waals surface area contributed by atoms with E-state index in [1.54, 1.807) is 17.6 Å². The minimum absolute atomic E-state index is 0. The van der Waals surface area contributed by atoms with Gasteiger partial charge in [-0.15, -0.1) is 35.3 Å². The SMILES string of the molecule is CN(C)C(CN=C(N)N1CCN(c2nccs2)CC1)c1ccco1.I. The zero-order valence-corrected chi connectivity index (χ0v) is 17.7. The standard InChI is InChI=1S/C16H24N6OS.HI/c1-20(2)13(14-4-3-10-23-14)12-19-15(17)21-6-8-22(9-7-21)16-18-5-11-24-16;/h3-5,10-11,13H,6-9,12H2,1-2H3,(H2,17,19);1H. The number of guanidine groups is 1. The van der Waals surface area contributed by atoms with Gasteiger partial charge >= 0.3 is 0 Å². The van der Waals surface area contributed by atoms with E-state index in [4.69, 9.17) is 10.2 Å². The van der Waals surface area contributed by atoms with Crippen molar-refractivity contribution in [2.45, 2.75) is 6.04 Å². The molecule has 1 aliphatic heterocycles. The van der Waals surface area contributed by atoms with Crippen LogP contribution in [0.2, 0.25) is 0 Å². The molecule has 0 spiro atoms. The Bertz CT molecular complexity index is 638. The van der Waals surface area contributed by atoms with Gasteiger partial charge in [0.05, 0.1) is 18.8 Å². The fourth-order valence-corrected chi connectivity index (χ4v) is 3.46. The third-order valence-electron chi connectivity index (χ3n) is 4.21. The molecule has 1 saturated heterocycles. The quantitative estimate of drug-likeness (QED) is 0.405. The molecule has 0 radical (unpaired) electrons. The average Bonchev–Trinajstić information content (AvgIpc) is 3.28. The number of aliphatic imine (C=N–C) groups is 1. The summed E-state index contributed by atoms with van der Waals surface area (Å²) in [6.07, 6.45) is 3.54. The molecule has 0 amide bonds. The molecule has 1 unspecified atom stereocenters. The number of halogens is 1. The molecule has 3 heterocycles. The molecule has 1 fully saturated rings. The van der Waals surface area contributed by atoms with E-state index < -0.39 is 0 Å². The Balaban J connectivity index is 0.00000225. The zero-order valence-electron chi connectivity index (χ0n) is 14.5. The highest BCUT2D eigenvalue weighted by molar-refractivity contribution is 14.0. The van der Waals surface area contributed by atoms with E-state index in [-0.39, 0.29) is 30.0 Å². The van der Waals surface area contributed by atoms with Gasteiger partial charge in [0.2, 0.25) is 0 Å². The maximum atomic E-state index is 6.21. The summed E-state index contributed by atoms with van der Waals surface area (Å²) in [7, 11) is 4.04. The third kappa shape index (κ3) is 5.08. The molecule has 138 valence electrons. The van der Waals surface area contributed by atoms with E-state index in [1.807, 2.05) is 37.8 Å². The van der Waals surface area contributed by atoms with Crippen LogP contribution in [0, 0.1) is 0 Å². The lowest BCUT2D eigenvalue weighted by molar-refractivity contribution is 0.264. The summed E-state index contributed by atoms with van der Waals surface area (Å²) < 4.78 is 5.51. The van der Waals surface area contributed by atoms with Gasteiger partial charge in [0, 0.05) is 37.8 Å². The van der Waals surface area contributed by atoms with Gasteiger partial charge in [-0.2, -0.15) is 0 Å². The molecule has 0 aromatic carbocycles. The monoisotopic (exact) mass is 476 g/mol. The minimum atomic E-state index is 0. The van der Waals surface area contributed by atoms with Gasteiger partial charge in [0.25, 0.3) is 0 Å². The van der Waals surface area contributed by atoms with Crippen LogP contribution in [0.15, 0.2) is 39.4 Å². The first-order valence-electron chi connectivity index (χ1n) is 8.04. The Morgan fingerprint density at radius 1 is 1.40 bits per heavy atom. The summed E-state index contributed by atoms with van der Waals surface area (Å²) in [6, 6.07) is 3.97. The number of piperazine rings is 1. The predicted octanol–water partition coefficient (Wildman–Crippen LogP) is 2.09. The summed E-state index contributed by atoms with van der Waals surface area (Å²) in [5.74, 6) is 1.51. The van der Waals surface area contributed by atoms with Crippen molar-refractivity contribution >= 4 is 46.4 Å². The number of aromatic nitrogens is 1. The minimum Gasteiger partial charge on any atom is -0.468 e. The maximum absolute atomic E-state index is 6.21. The molecule has 2 aromatic heterocycles. The molecule has 3 rings (SSSR count). The number of hydrogen-bond donors (Lipinski definition) is 1. The molecule has 0 saturated carbocycles. The Labute approximate surface area is 169 Å². The molecule has 0 aliphatic carbocycles. The Morgan fingerprint density at radius 3 is 2.72 bits per heavy atom. The van der Waals surface area contributed by atoms with Crippen LogP contribution in [-0.4, -0.2) is 67.6 Å². The second kappa shape index (κ2) is 9.39. The lowest BCUT2D eigenvalue weighted by Crippen LogP contribution is -2.51. The van der Waals surface area contributed by atoms with Crippen molar-refractivity contribution < 1.29 is 4.42 Å². The molecule has 7 nitrogen and oxygen atoms in total. The molecule has 2 aromatic rings. The van der Waals surface area contributed by atoms with Crippen molar-refractivity contribution in [1.29, 1.82) is 0 Å². The molecule has 0 bridgehead atoms. The van der Waals surface area contributed by atoms with Gasteiger partial charge in [-0.3, -0.25) is 9.89 Å². The predicted molar refractivity (Wildman–Crippen MR) is 113 cm³/mol. The maximum Gasteiger partial charge on any atom is 0.191 e. The van der Waals surface area contributed by atoms with Crippen LogP contribution in [0.3, 0.4) is 0 Å². The van der Waals surface area contributed by atoms with Crippen LogP contribution in [0.25, 0.3) is 0 Å². The van der Waals surface area contributed by atoms with Crippen LogP contribution in [0.4, 0.5) is 5.13 Å². The second-order valence-corrected chi connectivity index (χ2v) is 6.86. The highest BCUT2D eigenvalue weighted by atomic mass is 127. The fourth-order valence-electron chi connectivity index (χ4n) is 2.77. The van der Waals surface area contributed by atoms with E-state index >= 15 is 0 Å². The summed E-state index contributed by atoms with van der Waals surface area (Å²) in [4.78, 5) is 15.5. The Hall–Kier alpha value is -1.33. The number of nitrogens with zero attached hydrogens (tertiary/aromatic N) is 5.